The summed E-state index contributed by atoms with van der Waals surface area (Å²) in [5.41, 5.74) is 0.195. The van der Waals surface area contributed by atoms with E-state index in [1.54, 1.807) is 0 Å². The lowest BCUT2D eigenvalue weighted by Gasteiger charge is -2.20. The number of carbonyl (C=O) groups excluding carboxylic acids is 2. The normalized spacial score (nSPS) is 9.75. The van der Waals surface area contributed by atoms with Crippen molar-refractivity contribution in [3.63, 3.8) is 0 Å². The third-order valence-electron chi connectivity index (χ3n) is 3.58. The van der Waals surface area contributed by atoms with Crippen molar-refractivity contribution < 1.29 is 23.8 Å². The molecule has 1 amide bonds. The first-order valence-corrected chi connectivity index (χ1v) is 9.46. The lowest BCUT2D eigenvalue weighted by Crippen LogP contribution is -2.36. The number of nitrogens with zero attached hydrogens (tertiary/aromatic N) is 3. The molecule has 0 aliphatic carbocycles. The number of amides is 1. The van der Waals surface area contributed by atoms with E-state index in [0.717, 1.165) is 6.42 Å². The molecule has 0 aliphatic heterocycles. The van der Waals surface area contributed by atoms with E-state index in [9.17, 15) is 9.59 Å². The van der Waals surface area contributed by atoms with Crippen molar-refractivity contribution in [3.8, 4) is 23.6 Å². The lowest BCUT2D eigenvalue weighted by atomic mass is 10.2. The highest BCUT2D eigenvalue weighted by atomic mass is 79.9. The quantitative estimate of drug-likeness (QED) is 0.474. The van der Waals surface area contributed by atoms with Gasteiger partial charge < -0.3 is 19.1 Å². The fourth-order valence-electron chi connectivity index (χ4n) is 2.21. The largest absolute Gasteiger partial charge is 0.493 e. The third-order valence-corrected chi connectivity index (χ3v) is 4.17. The number of ether oxygens (including phenoxy) is 3. The van der Waals surface area contributed by atoms with Gasteiger partial charge in [-0.3, -0.25) is 4.79 Å². The van der Waals surface area contributed by atoms with Crippen LogP contribution < -0.4 is 9.47 Å². The number of hydrogen-bond acceptors (Lipinski definition) is 7. The number of esters is 1. The Hall–Kier alpha value is -2.78. The molecule has 0 aromatic heterocycles. The molecule has 0 atom stereocenters. The van der Waals surface area contributed by atoms with Crippen molar-refractivity contribution >= 4 is 27.8 Å². The van der Waals surface area contributed by atoms with Crippen molar-refractivity contribution in [3.05, 3.63) is 22.2 Å². The summed E-state index contributed by atoms with van der Waals surface area (Å²) >= 11 is 3.35. The molecule has 0 bridgehead atoms. The minimum atomic E-state index is -0.699. The molecule has 0 saturated heterocycles. The zero-order chi connectivity index (χ0) is 20.9. The minimum Gasteiger partial charge on any atom is -0.493 e. The van der Waals surface area contributed by atoms with Gasteiger partial charge in [0.05, 0.1) is 48.7 Å². The van der Waals surface area contributed by atoms with Crippen LogP contribution in [-0.4, -0.2) is 50.2 Å². The first kappa shape index (κ1) is 23.3. The van der Waals surface area contributed by atoms with E-state index in [2.05, 4.69) is 15.9 Å². The van der Waals surface area contributed by atoms with Gasteiger partial charge in [0.15, 0.2) is 18.1 Å². The topological polar surface area (TPSA) is 113 Å². The number of halogens is 1. The van der Waals surface area contributed by atoms with Gasteiger partial charge in [0.1, 0.15) is 0 Å². The zero-order valence-electron chi connectivity index (χ0n) is 15.9. The predicted molar refractivity (Wildman–Crippen MR) is 104 cm³/mol. The molecule has 0 heterocycles. The Kier molecular flexibility index (Phi) is 10.4. The number of hydrogen-bond donors (Lipinski definition) is 0. The van der Waals surface area contributed by atoms with Crippen LogP contribution >= 0.6 is 15.9 Å². The molecule has 0 spiro atoms. The summed E-state index contributed by atoms with van der Waals surface area (Å²) in [5.74, 6) is -0.315. The average molecular weight is 452 g/mol. The Bertz CT molecular complexity index is 752. The Morgan fingerprint density at radius 3 is 2.36 bits per heavy atom. The van der Waals surface area contributed by atoms with Gasteiger partial charge in [-0.05, 0) is 34.5 Å². The summed E-state index contributed by atoms with van der Waals surface area (Å²) < 4.78 is 16.5. The van der Waals surface area contributed by atoms with Crippen LogP contribution in [0, 0.1) is 22.7 Å². The Morgan fingerprint density at radius 1 is 1.18 bits per heavy atom. The second-order valence-electron chi connectivity index (χ2n) is 5.61. The van der Waals surface area contributed by atoms with E-state index >= 15 is 0 Å². The highest BCUT2D eigenvalue weighted by Gasteiger charge is 2.19. The monoisotopic (exact) mass is 451 g/mol. The van der Waals surface area contributed by atoms with E-state index in [1.165, 1.54) is 24.1 Å². The van der Waals surface area contributed by atoms with Crippen LogP contribution in [0.25, 0.3) is 0 Å². The average Bonchev–Trinajstić information content (AvgIpc) is 2.70. The van der Waals surface area contributed by atoms with Gasteiger partial charge in [0.2, 0.25) is 0 Å². The van der Waals surface area contributed by atoms with Crippen molar-refractivity contribution in [1.82, 2.24) is 4.90 Å². The van der Waals surface area contributed by atoms with Gasteiger partial charge in [-0.2, -0.15) is 10.5 Å². The molecule has 9 heteroatoms. The minimum absolute atomic E-state index is 0.133. The van der Waals surface area contributed by atoms with Gasteiger partial charge in [-0.25, -0.2) is 4.79 Å². The maximum atomic E-state index is 12.3. The van der Waals surface area contributed by atoms with Crippen LogP contribution in [0.5, 0.6) is 11.5 Å². The molecular weight excluding hydrogens is 430 g/mol. The summed E-state index contributed by atoms with van der Waals surface area (Å²) in [6.45, 7) is 2.34. The highest BCUT2D eigenvalue weighted by molar-refractivity contribution is 9.10. The van der Waals surface area contributed by atoms with Crippen LogP contribution in [0.3, 0.4) is 0 Å². The molecular formula is C19H22BrN3O5. The van der Waals surface area contributed by atoms with Crippen LogP contribution in [0.2, 0.25) is 0 Å². The number of methoxy groups -OCH3 is 1. The molecule has 0 saturated carbocycles. The van der Waals surface area contributed by atoms with Crippen LogP contribution in [0.15, 0.2) is 16.6 Å². The van der Waals surface area contributed by atoms with E-state index < -0.39 is 18.5 Å². The third kappa shape index (κ3) is 7.09. The molecule has 0 unspecified atom stereocenters. The van der Waals surface area contributed by atoms with Crippen molar-refractivity contribution in [2.24, 2.45) is 0 Å². The van der Waals surface area contributed by atoms with E-state index in [0.29, 0.717) is 22.6 Å². The van der Waals surface area contributed by atoms with Crippen LogP contribution in [0.1, 0.15) is 36.5 Å². The summed E-state index contributed by atoms with van der Waals surface area (Å²) in [4.78, 5) is 25.9. The molecule has 8 nitrogen and oxygen atoms in total. The maximum absolute atomic E-state index is 12.3. The number of rotatable bonds is 11. The summed E-state index contributed by atoms with van der Waals surface area (Å²) in [6, 6.07) is 6.90. The van der Waals surface area contributed by atoms with Crippen molar-refractivity contribution in [2.45, 2.75) is 26.2 Å². The first-order chi connectivity index (χ1) is 13.5. The van der Waals surface area contributed by atoms with Crippen molar-refractivity contribution in [1.29, 1.82) is 10.5 Å². The smallest absolute Gasteiger partial charge is 0.338 e. The lowest BCUT2D eigenvalue weighted by molar-refractivity contribution is -0.134. The van der Waals surface area contributed by atoms with Crippen LogP contribution in [0.4, 0.5) is 0 Å². The predicted octanol–water partition coefficient (Wildman–Crippen LogP) is 3.06. The standard InChI is InChI=1S/C19H22BrN3O5/c1-3-10-27-18-15(20)11-14(12-16(18)26-2)19(25)28-13-17(24)23(8-4-6-21)9-5-7-22/h11-12H,3-5,8-10,13H2,1-2H3. The van der Waals surface area contributed by atoms with Gasteiger partial charge in [-0.15, -0.1) is 0 Å². The van der Waals surface area contributed by atoms with Gasteiger partial charge in [-0.1, -0.05) is 6.92 Å². The van der Waals surface area contributed by atoms with E-state index in [-0.39, 0.29) is 31.5 Å². The second kappa shape index (κ2) is 12.6. The summed E-state index contributed by atoms with van der Waals surface area (Å²) in [6.07, 6.45) is 1.08. The SMILES string of the molecule is CCCOc1c(Br)cc(C(=O)OCC(=O)N(CCC#N)CCC#N)cc1OC. The fourth-order valence-corrected chi connectivity index (χ4v) is 2.77. The number of carbonyl (C=O) groups is 2. The number of nitriles is 2. The fraction of sp³-hybridized carbons (Fsp3) is 0.474. The number of benzene rings is 1. The summed E-state index contributed by atoms with van der Waals surface area (Å²) in [5, 5.41) is 17.4. The molecule has 28 heavy (non-hydrogen) atoms. The second-order valence-corrected chi connectivity index (χ2v) is 6.47. The highest BCUT2D eigenvalue weighted by Crippen LogP contribution is 2.37. The van der Waals surface area contributed by atoms with Crippen LogP contribution in [-0.2, 0) is 9.53 Å². The van der Waals surface area contributed by atoms with Gasteiger partial charge in [0.25, 0.3) is 5.91 Å². The Balaban J connectivity index is 2.81. The van der Waals surface area contributed by atoms with E-state index in [1.807, 2.05) is 19.1 Å². The van der Waals surface area contributed by atoms with Crippen molar-refractivity contribution in [2.75, 3.05) is 33.4 Å². The molecule has 1 aromatic rings. The Labute approximate surface area is 172 Å². The molecule has 0 aliphatic rings. The Morgan fingerprint density at radius 2 is 1.82 bits per heavy atom. The molecule has 150 valence electrons. The molecule has 1 rings (SSSR count). The van der Waals surface area contributed by atoms with Gasteiger partial charge in [0, 0.05) is 13.1 Å². The molecule has 0 N–H and O–H groups in total. The first-order valence-electron chi connectivity index (χ1n) is 8.67. The molecule has 0 fully saturated rings. The molecule has 0 radical (unpaired) electrons. The van der Waals surface area contributed by atoms with E-state index in [4.69, 9.17) is 24.7 Å². The maximum Gasteiger partial charge on any atom is 0.338 e. The van der Waals surface area contributed by atoms with Gasteiger partial charge >= 0.3 is 5.97 Å². The molecule has 1 aromatic carbocycles. The summed E-state index contributed by atoms with van der Waals surface area (Å²) in [7, 11) is 1.46. The zero-order valence-corrected chi connectivity index (χ0v) is 17.5.